The molecular formula is C27H35N3O4. The minimum atomic E-state index is -0.686. The number of nitrogens with zero attached hydrogens (tertiary/aromatic N) is 3. The summed E-state index contributed by atoms with van der Waals surface area (Å²) in [6.45, 7) is 9.63. The zero-order valence-electron chi connectivity index (χ0n) is 20.4. The van der Waals surface area contributed by atoms with E-state index in [9.17, 15) is 14.7 Å². The standard InChI is InChI=1S/C27H35N3O4/c1-4-7-8-18-34-22-13-11-20(12-14-22)25(31)23-24(21-10-9-15-28-19-21)30(27(33)26(23)32)17-16-29(5-2)6-3/h9-15,19,24,31H,4-8,16-18H2,1-3H3/b25-23-. The van der Waals surface area contributed by atoms with Crippen LogP contribution in [0, 0.1) is 0 Å². The number of rotatable bonds is 12. The fourth-order valence-electron chi connectivity index (χ4n) is 4.19. The van der Waals surface area contributed by atoms with Crippen molar-refractivity contribution in [2.75, 3.05) is 32.8 Å². The van der Waals surface area contributed by atoms with E-state index in [-0.39, 0.29) is 11.3 Å². The van der Waals surface area contributed by atoms with Gasteiger partial charge in [0, 0.05) is 31.0 Å². The number of hydrogen-bond donors (Lipinski definition) is 1. The lowest BCUT2D eigenvalue weighted by molar-refractivity contribution is -0.140. The lowest BCUT2D eigenvalue weighted by Gasteiger charge is -2.28. The highest BCUT2D eigenvalue weighted by Gasteiger charge is 2.46. The zero-order chi connectivity index (χ0) is 24.5. The van der Waals surface area contributed by atoms with Crippen LogP contribution < -0.4 is 4.74 Å². The summed E-state index contributed by atoms with van der Waals surface area (Å²) in [7, 11) is 0. The molecule has 1 saturated heterocycles. The molecule has 7 nitrogen and oxygen atoms in total. The number of aliphatic hydroxyl groups is 1. The molecule has 3 rings (SSSR count). The van der Waals surface area contributed by atoms with Crippen molar-refractivity contribution in [2.45, 2.75) is 46.1 Å². The molecular weight excluding hydrogens is 430 g/mol. The summed E-state index contributed by atoms with van der Waals surface area (Å²) in [6.07, 6.45) is 6.51. The summed E-state index contributed by atoms with van der Waals surface area (Å²) in [6, 6.07) is 9.89. The Balaban J connectivity index is 1.92. The third-order valence-corrected chi connectivity index (χ3v) is 6.24. The van der Waals surface area contributed by atoms with Gasteiger partial charge in [-0.15, -0.1) is 0 Å². The first-order chi connectivity index (χ1) is 16.5. The number of amides is 1. The van der Waals surface area contributed by atoms with Crippen molar-refractivity contribution < 1.29 is 19.4 Å². The minimum absolute atomic E-state index is 0.0918. The number of carbonyl (C=O) groups is 2. The molecule has 1 unspecified atom stereocenters. The van der Waals surface area contributed by atoms with Crippen LogP contribution in [-0.2, 0) is 9.59 Å². The highest BCUT2D eigenvalue weighted by atomic mass is 16.5. The maximum Gasteiger partial charge on any atom is 0.295 e. The molecule has 1 aromatic carbocycles. The number of benzene rings is 1. The number of ketones is 1. The Kier molecular flexibility index (Phi) is 9.22. The summed E-state index contributed by atoms with van der Waals surface area (Å²) in [5.74, 6) is -0.754. The largest absolute Gasteiger partial charge is 0.507 e. The molecule has 1 aromatic heterocycles. The third kappa shape index (κ3) is 5.83. The summed E-state index contributed by atoms with van der Waals surface area (Å²) in [5, 5.41) is 11.2. The summed E-state index contributed by atoms with van der Waals surface area (Å²) in [4.78, 5) is 34.0. The van der Waals surface area contributed by atoms with Gasteiger partial charge in [0.25, 0.3) is 11.7 Å². The first-order valence-corrected chi connectivity index (χ1v) is 12.2. The molecule has 2 heterocycles. The second-order valence-electron chi connectivity index (χ2n) is 8.39. The minimum Gasteiger partial charge on any atom is -0.507 e. The van der Waals surface area contributed by atoms with Crippen molar-refractivity contribution in [3.63, 3.8) is 0 Å². The molecule has 0 aliphatic carbocycles. The van der Waals surface area contributed by atoms with Crippen LogP contribution in [0.1, 0.15) is 57.2 Å². The molecule has 1 fully saturated rings. The number of likely N-dealkylation sites (tertiary alicyclic amines) is 1. The highest BCUT2D eigenvalue weighted by molar-refractivity contribution is 6.46. The molecule has 0 spiro atoms. The quantitative estimate of drug-likeness (QED) is 0.216. The smallest absolute Gasteiger partial charge is 0.295 e. The molecule has 1 atom stereocenters. The van der Waals surface area contributed by atoms with E-state index in [1.807, 2.05) is 6.07 Å². The number of aromatic nitrogens is 1. The molecule has 1 aliphatic rings. The van der Waals surface area contributed by atoms with Crippen LogP contribution in [0.25, 0.3) is 5.76 Å². The van der Waals surface area contributed by atoms with Crippen LogP contribution in [0.3, 0.4) is 0 Å². The normalized spacial score (nSPS) is 17.5. The van der Waals surface area contributed by atoms with Gasteiger partial charge in [-0.1, -0.05) is 39.7 Å². The lowest BCUT2D eigenvalue weighted by Crippen LogP contribution is -2.38. The number of hydrogen-bond acceptors (Lipinski definition) is 6. The molecule has 7 heteroatoms. The van der Waals surface area contributed by atoms with Gasteiger partial charge >= 0.3 is 0 Å². The molecule has 182 valence electrons. The first-order valence-electron chi connectivity index (χ1n) is 12.2. The third-order valence-electron chi connectivity index (χ3n) is 6.24. The number of ether oxygens (including phenoxy) is 1. The Labute approximate surface area is 202 Å². The number of unbranched alkanes of at least 4 members (excludes halogenated alkanes) is 2. The average Bonchev–Trinajstić information content (AvgIpc) is 3.12. The molecule has 1 aliphatic heterocycles. The Morgan fingerprint density at radius 2 is 1.82 bits per heavy atom. The Morgan fingerprint density at radius 3 is 2.44 bits per heavy atom. The van der Waals surface area contributed by atoms with Gasteiger partial charge in [0.2, 0.25) is 0 Å². The van der Waals surface area contributed by atoms with E-state index in [1.54, 1.807) is 47.6 Å². The van der Waals surface area contributed by atoms with Gasteiger partial charge < -0.3 is 19.6 Å². The fraction of sp³-hybridized carbons (Fsp3) is 0.444. The topological polar surface area (TPSA) is 83.0 Å². The molecule has 0 radical (unpaired) electrons. The van der Waals surface area contributed by atoms with Crippen molar-refractivity contribution in [1.29, 1.82) is 0 Å². The van der Waals surface area contributed by atoms with E-state index in [2.05, 4.69) is 30.7 Å². The van der Waals surface area contributed by atoms with Crippen LogP contribution in [0.2, 0.25) is 0 Å². The second kappa shape index (κ2) is 12.3. The Bertz CT molecular complexity index is 985. The summed E-state index contributed by atoms with van der Waals surface area (Å²) in [5.41, 5.74) is 1.25. The maximum atomic E-state index is 13.1. The van der Waals surface area contributed by atoms with Crippen LogP contribution in [0.15, 0.2) is 54.4 Å². The maximum absolute atomic E-state index is 13.1. The monoisotopic (exact) mass is 465 g/mol. The SMILES string of the molecule is CCCCCOc1ccc(/C(O)=C2/C(=O)C(=O)N(CCN(CC)CC)C2c2cccnc2)cc1. The van der Waals surface area contributed by atoms with Gasteiger partial charge in [-0.3, -0.25) is 14.6 Å². The van der Waals surface area contributed by atoms with Gasteiger partial charge in [-0.05, 0) is 55.4 Å². The van der Waals surface area contributed by atoms with E-state index in [4.69, 9.17) is 4.74 Å². The molecule has 34 heavy (non-hydrogen) atoms. The second-order valence-corrected chi connectivity index (χ2v) is 8.39. The summed E-state index contributed by atoms with van der Waals surface area (Å²) >= 11 is 0. The van der Waals surface area contributed by atoms with Crippen molar-refractivity contribution in [3.05, 3.63) is 65.5 Å². The average molecular weight is 466 g/mol. The molecule has 0 saturated carbocycles. The highest BCUT2D eigenvalue weighted by Crippen LogP contribution is 2.39. The van der Waals surface area contributed by atoms with Crippen molar-refractivity contribution in [1.82, 2.24) is 14.8 Å². The van der Waals surface area contributed by atoms with Crippen LogP contribution in [0.4, 0.5) is 0 Å². The van der Waals surface area contributed by atoms with Crippen molar-refractivity contribution >= 4 is 17.4 Å². The number of Topliss-reactive ketones (excluding diaryl/α,β-unsaturated/α-hetero) is 1. The van der Waals surface area contributed by atoms with E-state index >= 15 is 0 Å². The van der Waals surface area contributed by atoms with Crippen LogP contribution in [-0.4, -0.2) is 64.4 Å². The van der Waals surface area contributed by atoms with Crippen molar-refractivity contribution in [2.24, 2.45) is 0 Å². The van der Waals surface area contributed by atoms with Gasteiger partial charge in [-0.25, -0.2) is 0 Å². The molecule has 2 aromatic rings. The van der Waals surface area contributed by atoms with Gasteiger partial charge in [0.1, 0.15) is 11.5 Å². The Hall–Kier alpha value is -3.19. The predicted octanol–water partition coefficient (Wildman–Crippen LogP) is 4.41. The number of likely N-dealkylation sites (N-methyl/N-ethyl adjacent to an activating group) is 1. The van der Waals surface area contributed by atoms with E-state index < -0.39 is 17.7 Å². The predicted molar refractivity (Wildman–Crippen MR) is 132 cm³/mol. The molecule has 0 bridgehead atoms. The number of carbonyl (C=O) groups excluding carboxylic acids is 2. The molecule has 1 amide bonds. The summed E-state index contributed by atoms with van der Waals surface area (Å²) < 4.78 is 5.75. The Morgan fingerprint density at radius 1 is 1.09 bits per heavy atom. The van der Waals surface area contributed by atoms with Crippen LogP contribution in [0.5, 0.6) is 5.75 Å². The fourth-order valence-corrected chi connectivity index (χ4v) is 4.19. The van der Waals surface area contributed by atoms with Gasteiger partial charge in [-0.2, -0.15) is 0 Å². The number of aliphatic hydroxyl groups excluding tert-OH is 1. The lowest BCUT2D eigenvalue weighted by atomic mass is 9.96. The van der Waals surface area contributed by atoms with E-state index in [0.29, 0.717) is 36.6 Å². The van der Waals surface area contributed by atoms with E-state index in [1.165, 1.54) is 0 Å². The van der Waals surface area contributed by atoms with Gasteiger partial charge in [0.05, 0.1) is 18.2 Å². The van der Waals surface area contributed by atoms with Crippen molar-refractivity contribution in [3.8, 4) is 5.75 Å². The first kappa shape index (κ1) is 25.4. The molecule has 1 N–H and O–H groups in total. The van der Waals surface area contributed by atoms with E-state index in [0.717, 1.165) is 32.4 Å². The van der Waals surface area contributed by atoms with Gasteiger partial charge in [0.15, 0.2) is 0 Å². The number of pyridine rings is 1. The zero-order valence-corrected chi connectivity index (χ0v) is 20.4. The van der Waals surface area contributed by atoms with Crippen LogP contribution >= 0.6 is 0 Å².